The molecular formula is C11H20N2OS. The lowest BCUT2D eigenvalue weighted by Gasteiger charge is -2.23. The van der Waals surface area contributed by atoms with Crippen LogP contribution in [-0.4, -0.2) is 29.0 Å². The van der Waals surface area contributed by atoms with Crippen LogP contribution in [0.3, 0.4) is 0 Å². The van der Waals surface area contributed by atoms with Crippen molar-refractivity contribution in [3.8, 4) is 0 Å². The molecule has 1 aliphatic carbocycles. The van der Waals surface area contributed by atoms with E-state index >= 15 is 0 Å². The predicted octanol–water partition coefficient (Wildman–Crippen LogP) is 1.27. The van der Waals surface area contributed by atoms with Crippen LogP contribution in [0.5, 0.6) is 0 Å². The van der Waals surface area contributed by atoms with Crippen molar-refractivity contribution in [2.24, 2.45) is 5.73 Å². The van der Waals surface area contributed by atoms with Gasteiger partial charge in [-0.15, -0.1) is 0 Å². The average Bonchev–Trinajstić information content (AvgIpc) is 2.76. The van der Waals surface area contributed by atoms with Gasteiger partial charge in [-0.2, -0.15) is 11.8 Å². The summed E-state index contributed by atoms with van der Waals surface area (Å²) in [5, 5.41) is 3.09. The Morgan fingerprint density at radius 1 is 1.47 bits per heavy atom. The van der Waals surface area contributed by atoms with Crippen LogP contribution in [0.1, 0.15) is 38.5 Å². The smallest absolute Gasteiger partial charge is 0.222 e. The molecule has 1 amide bonds. The molecular weight excluding hydrogens is 208 g/mol. The van der Waals surface area contributed by atoms with Crippen molar-refractivity contribution in [2.75, 3.05) is 11.5 Å². The Balaban J connectivity index is 1.76. The maximum atomic E-state index is 11.8. The van der Waals surface area contributed by atoms with Crippen molar-refractivity contribution < 1.29 is 4.79 Å². The highest BCUT2D eigenvalue weighted by Crippen LogP contribution is 2.30. The number of carbonyl (C=O) groups is 1. The molecule has 0 aromatic carbocycles. The van der Waals surface area contributed by atoms with Crippen LogP contribution in [0.2, 0.25) is 0 Å². The molecule has 3 N–H and O–H groups in total. The van der Waals surface area contributed by atoms with Crippen LogP contribution in [0.4, 0.5) is 0 Å². The van der Waals surface area contributed by atoms with Gasteiger partial charge in [-0.05, 0) is 25.0 Å². The second kappa shape index (κ2) is 4.74. The fourth-order valence-electron chi connectivity index (χ4n) is 2.50. The zero-order valence-corrected chi connectivity index (χ0v) is 9.94. The van der Waals surface area contributed by atoms with Gasteiger partial charge in [-0.25, -0.2) is 0 Å². The van der Waals surface area contributed by atoms with Crippen molar-refractivity contribution >= 4 is 17.7 Å². The van der Waals surface area contributed by atoms with E-state index in [9.17, 15) is 4.79 Å². The van der Waals surface area contributed by atoms with Crippen molar-refractivity contribution in [1.29, 1.82) is 0 Å². The normalized spacial score (nSPS) is 29.3. The molecule has 0 bridgehead atoms. The maximum Gasteiger partial charge on any atom is 0.222 e. The Hall–Kier alpha value is -0.220. The van der Waals surface area contributed by atoms with Crippen LogP contribution < -0.4 is 11.1 Å². The molecule has 1 heterocycles. The molecule has 0 aromatic heterocycles. The molecule has 1 saturated heterocycles. The number of rotatable bonds is 3. The van der Waals surface area contributed by atoms with Crippen LogP contribution in [0.25, 0.3) is 0 Å². The van der Waals surface area contributed by atoms with Crippen molar-refractivity contribution in [2.45, 2.75) is 50.1 Å². The van der Waals surface area contributed by atoms with E-state index in [1.165, 1.54) is 18.6 Å². The van der Waals surface area contributed by atoms with Crippen LogP contribution in [0, 0.1) is 0 Å². The minimum absolute atomic E-state index is 0.159. The van der Waals surface area contributed by atoms with Gasteiger partial charge in [-0.3, -0.25) is 4.79 Å². The first-order valence-corrected chi connectivity index (χ1v) is 6.99. The molecule has 15 heavy (non-hydrogen) atoms. The summed E-state index contributed by atoms with van der Waals surface area (Å²) in [5.74, 6) is 2.41. The van der Waals surface area contributed by atoms with Crippen molar-refractivity contribution in [3.63, 3.8) is 0 Å². The molecule has 2 rings (SSSR count). The second-order valence-corrected chi connectivity index (χ2v) is 6.02. The maximum absolute atomic E-state index is 11.8. The van der Waals surface area contributed by atoms with E-state index in [0.29, 0.717) is 12.5 Å². The number of amides is 1. The summed E-state index contributed by atoms with van der Waals surface area (Å²) < 4.78 is 0. The van der Waals surface area contributed by atoms with Gasteiger partial charge in [0.25, 0.3) is 0 Å². The highest BCUT2D eigenvalue weighted by molar-refractivity contribution is 7.99. The lowest BCUT2D eigenvalue weighted by molar-refractivity contribution is -0.122. The Labute approximate surface area is 95.6 Å². The van der Waals surface area contributed by atoms with Crippen LogP contribution >= 0.6 is 11.8 Å². The van der Waals surface area contributed by atoms with Gasteiger partial charge in [0.2, 0.25) is 5.91 Å². The highest BCUT2D eigenvalue weighted by atomic mass is 32.2. The molecule has 2 aliphatic rings. The number of thioether (sulfide) groups is 1. The third-order valence-corrected chi connectivity index (χ3v) is 4.57. The van der Waals surface area contributed by atoms with Crippen LogP contribution in [-0.2, 0) is 4.79 Å². The molecule has 4 heteroatoms. The summed E-state index contributed by atoms with van der Waals surface area (Å²) >= 11 is 1.92. The fourth-order valence-corrected chi connectivity index (χ4v) is 3.66. The van der Waals surface area contributed by atoms with E-state index in [1.807, 2.05) is 11.8 Å². The van der Waals surface area contributed by atoms with Crippen LogP contribution in [0.15, 0.2) is 0 Å². The van der Waals surface area contributed by atoms with Gasteiger partial charge >= 0.3 is 0 Å². The Morgan fingerprint density at radius 3 is 2.80 bits per heavy atom. The number of hydrogen-bond acceptors (Lipinski definition) is 3. The molecule has 86 valence electrons. The van der Waals surface area contributed by atoms with Gasteiger partial charge in [0.05, 0.1) is 0 Å². The molecule has 2 fully saturated rings. The number of nitrogens with one attached hydrogen (secondary N) is 1. The molecule has 0 radical (unpaired) electrons. The number of nitrogens with two attached hydrogens (primary N) is 1. The van der Waals surface area contributed by atoms with Gasteiger partial charge in [-0.1, -0.05) is 12.8 Å². The van der Waals surface area contributed by atoms with Crippen molar-refractivity contribution in [1.82, 2.24) is 5.32 Å². The standard InChI is InChI=1S/C11H20N2OS/c12-11(4-1-2-5-11)7-10(14)13-9-3-6-15-8-9/h9H,1-8,12H2,(H,13,14). The third-order valence-electron chi connectivity index (χ3n) is 3.41. The Morgan fingerprint density at radius 2 is 2.20 bits per heavy atom. The topological polar surface area (TPSA) is 55.1 Å². The fraction of sp³-hybridized carbons (Fsp3) is 0.909. The second-order valence-electron chi connectivity index (χ2n) is 4.87. The monoisotopic (exact) mass is 228 g/mol. The van der Waals surface area contributed by atoms with E-state index in [2.05, 4.69) is 5.32 Å². The summed E-state index contributed by atoms with van der Waals surface area (Å²) in [5.41, 5.74) is 5.97. The SMILES string of the molecule is NC1(CC(=O)NC2CCSC2)CCCC1. The largest absolute Gasteiger partial charge is 0.352 e. The van der Waals surface area contributed by atoms with E-state index < -0.39 is 0 Å². The molecule has 0 spiro atoms. The Kier molecular flexibility index (Phi) is 3.57. The quantitative estimate of drug-likeness (QED) is 0.765. The zero-order chi connectivity index (χ0) is 10.7. The number of carbonyl (C=O) groups excluding carboxylic acids is 1. The summed E-state index contributed by atoms with van der Waals surface area (Å²) in [6.45, 7) is 0. The van der Waals surface area contributed by atoms with Gasteiger partial charge in [0, 0.05) is 23.8 Å². The summed E-state index contributed by atoms with van der Waals surface area (Å²) in [6, 6.07) is 0.396. The van der Waals surface area contributed by atoms with E-state index in [-0.39, 0.29) is 11.4 Å². The summed E-state index contributed by atoms with van der Waals surface area (Å²) in [7, 11) is 0. The van der Waals surface area contributed by atoms with Gasteiger partial charge < -0.3 is 11.1 Å². The van der Waals surface area contributed by atoms with E-state index in [1.54, 1.807) is 0 Å². The first-order valence-electron chi connectivity index (χ1n) is 5.84. The Bertz CT molecular complexity index is 233. The molecule has 3 nitrogen and oxygen atoms in total. The lowest BCUT2D eigenvalue weighted by atomic mass is 9.94. The van der Waals surface area contributed by atoms with E-state index in [4.69, 9.17) is 5.73 Å². The summed E-state index contributed by atoms with van der Waals surface area (Å²) in [4.78, 5) is 11.8. The minimum Gasteiger partial charge on any atom is -0.352 e. The van der Waals surface area contributed by atoms with Gasteiger partial charge in [0.15, 0.2) is 0 Å². The van der Waals surface area contributed by atoms with Crippen molar-refractivity contribution in [3.05, 3.63) is 0 Å². The highest BCUT2D eigenvalue weighted by Gasteiger charge is 2.32. The summed E-state index contributed by atoms with van der Waals surface area (Å²) in [6.07, 6.45) is 6.04. The lowest BCUT2D eigenvalue weighted by Crippen LogP contribution is -2.44. The first-order chi connectivity index (χ1) is 7.18. The molecule has 1 unspecified atom stereocenters. The minimum atomic E-state index is -0.199. The zero-order valence-electron chi connectivity index (χ0n) is 9.13. The predicted molar refractivity (Wildman–Crippen MR) is 63.9 cm³/mol. The average molecular weight is 228 g/mol. The molecule has 1 saturated carbocycles. The first kappa shape index (κ1) is 11.3. The molecule has 0 aromatic rings. The molecule has 1 aliphatic heterocycles. The molecule has 1 atom stereocenters. The van der Waals surface area contributed by atoms with E-state index in [0.717, 1.165) is 25.0 Å². The number of hydrogen-bond donors (Lipinski definition) is 2. The third kappa shape index (κ3) is 3.11. The van der Waals surface area contributed by atoms with Gasteiger partial charge in [0.1, 0.15) is 0 Å².